The number of carbonyl (C=O) groups excluding carboxylic acids is 1. The maximum Gasteiger partial charge on any atom is 0.300 e. The number of aromatic nitrogens is 2. The summed E-state index contributed by atoms with van der Waals surface area (Å²) in [5, 5.41) is 17.3. The Labute approximate surface area is 89.1 Å². The highest BCUT2D eigenvalue weighted by Crippen LogP contribution is 2.24. The average molecular weight is 224 g/mol. The molecule has 0 aliphatic heterocycles. The predicted molar refractivity (Wildman–Crippen MR) is 53.7 cm³/mol. The number of fused-ring (bicyclic) bond motifs is 1. The van der Waals surface area contributed by atoms with Crippen LogP contribution < -0.4 is 5.73 Å². The molecule has 0 fully saturated rings. The number of benzene rings is 1. The van der Waals surface area contributed by atoms with Crippen LogP contribution in [0.25, 0.3) is 11.0 Å². The van der Waals surface area contributed by atoms with E-state index >= 15 is 0 Å². The lowest BCUT2D eigenvalue weighted by molar-refractivity contribution is -0.383. The van der Waals surface area contributed by atoms with E-state index in [2.05, 4.69) is 14.9 Å². The van der Waals surface area contributed by atoms with Gasteiger partial charge in [0.15, 0.2) is 5.52 Å². The molecule has 2 N–H and O–H groups in total. The standard InChI is InChI=1S/C7H4N4O4.CH4/c8-7(12)3-1-2-4(11(13)14)6-5(3)9-15-10-6;/h1-2H,(H2,8,12);1H4. The minimum absolute atomic E-state index is 0. The largest absolute Gasteiger partial charge is 0.366 e. The molecule has 1 aromatic carbocycles. The van der Waals surface area contributed by atoms with Gasteiger partial charge in [-0.2, -0.15) is 0 Å². The van der Waals surface area contributed by atoms with E-state index in [9.17, 15) is 14.9 Å². The van der Waals surface area contributed by atoms with E-state index in [0.717, 1.165) is 6.07 Å². The van der Waals surface area contributed by atoms with Gasteiger partial charge in [0.2, 0.25) is 5.52 Å². The number of nitrogens with two attached hydrogens (primary N) is 1. The number of primary amides is 1. The maximum absolute atomic E-state index is 10.9. The fraction of sp³-hybridized carbons (Fsp3) is 0.125. The fourth-order valence-electron chi connectivity index (χ4n) is 1.20. The Morgan fingerprint density at radius 3 is 2.56 bits per heavy atom. The first kappa shape index (κ1) is 11.6. The predicted octanol–water partition coefficient (Wildman–Crippen LogP) is 0.866. The fourth-order valence-corrected chi connectivity index (χ4v) is 1.20. The number of nitro benzene ring substituents is 1. The lowest BCUT2D eigenvalue weighted by atomic mass is 10.1. The minimum Gasteiger partial charge on any atom is -0.366 e. The molecule has 0 spiro atoms. The van der Waals surface area contributed by atoms with Crippen molar-refractivity contribution in [3.8, 4) is 0 Å². The molecule has 84 valence electrons. The van der Waals surface area contributed by atoms with Crippen LogP contribution in [0.15, 0.2) is 16.8 Å². The van der Waals surface area contributed by atoms with Crippen LogP contribution in [0.5, 0.6) is 0 Å². The monoisotopic (exact) mass is 224 g/mol. The Morgan fingerprint density at radius 2 is 2.00 bits per heavy atom. The molecule has 0 saturated carbocycles. The van der Waals surface area contributed by atoms with Crippen molar-refractivity contribution in [1.82, 2.24) is 10.3 Å². The van der Waals surface area contributed by atoms with Crippen molar-refractivity contribution in [3.63, 3.8) is 0 Å². The zero-order valence-electron chi connectivity index (χ0n) is 7.21. The maximum atomic E-state index is 10.9. The third kappa shape index (κ3) is 1.56. The summed E-state index contributed by atoms with van der Waals surface area (Å²) in [6, 6.07) is 2.35. The van der Waals surface area contributed by atoms with E-state index in [1.165, 1.54) is 6.07 Å². The van der Waals surface area contributed by atoms with Gasteiger partial charge in [-0.3, -0.25) is 14.9 Å². The van der Waals surface area contributed by atoms with Crippen LogP contribution >= 0.6 is 0 Å². The lowest BCUT2D eigenvalue weighted by Crippen LogP contribution is -2.11. The molecule has 2 aromatic rings. The van der Waals surface area contributed by atoms with Gasteiger partial charge in [0.1, 0.15) is 0 Å². The van der Waals surface area contributed by atoms with Gasteiger partial charge in [-0.05, 0) is 16.4 Å². The topological polar surface area (TPSA) is 125 Å². The third-order valence-electron chi connectivity index (χ3n) is 1.86. The average Bonchev–Trinajstić information content (AvgIpc) is 2.63. The number of hydrogen-bond donors (Lipinski definition) is 1. The number of hydrogen-bond acceptors (Lipinski definition) is 6. The van der Waals surface area contributed by atoms with Gasteiger partial charge in [0.05, 0.1) is 10.5 Å². The van der Waals surface area contributed by atoms with Crippen molar-refractivity contribution in [2.24, 2.45) is 5.73 Å². The zero-order chi connectivity index (χ0) is 11.0. The van der Waals surface area contributed by atoms with Crippen molar-refractivity contribution in [2.75, 3.05) is 0 Å². The summed E-state index contributed by atoms with van der Waals surface area (Å²) in [6.45, 7) is 0. The second kappa shape index (κ2) is 3.93. The zero-order valence-corrected chi connectivity index (χ0v) is 7.21. The number of carbonyl (C=O) groups is 1. The van der Waals surface area contributed by atoms with Crippen molar-refractivity contribution < 1.29 is 14.3 Å². The second-order valence-electron chi connectivity index (χ2n) is 2.72. The summed E-state index contributed by atoms with van der Waals surface area (Å²) in [4.78, 5) is 20.9. The first-order chi connectivity index (χ1) is 7.11. The number of non-ortho nitro benzene ring substituents is 1. The normalized spacial score (nSPS) is 9.75. The summed E-state index contributed by atoms with van der Waals surface area (Å²) in [7, 11) is 0. The highest BCUT2D eigenvalue weighted by Gasteiger charge is 2.21. The highest BCUT2D eigenvalue weighted by molar-refractivity contribution is 6.05. The van der Waals surface area contributed by atoms with Crippen molar-refractivity contribution in [2.45, 2.75) is 7.43 Å². The first-order valence-electron chi connectivity index (χ1n) is 3.80. The lowest BCUT2D eigenvalue weighted by Gasteiger charge is -1.95. The van der Waals surface area contributed by atoms with Crippen LogP contribution in [0.4, 0.5) is 5.69 Å². The van der Waals surface area contributed by atoms with Crippen LogP contribution in [0.1, 0.15) is 17.8 Å². The Balaban J connectivity index is 0.00000128. The second-order valence-corrected chi connectivity index (χ2v) is 2.72. The molecular formula is C8H8N4O4. The molecular weight excluding hydrogens is 216 g/mol. The van der Waals surface area contributed by atoms with Gasteiger partial charge in [0, 0.05) is 6.07 Å². The van der Waals surface area contributed by atoms with Gasteiger partial charge in [-0.25, -0.2) is 4.63 Å². The first-order valence-corrected chi connectivity index (χ1v) is 3.80. The summed E-state index contributed by atoms with van der Waals surface area (Å²) in [5.41, 5.74) is 4.71. The van der Waals surface area contributed by atoms with Crippen LogP contribution in [-0.4, -0.2) is 21.1 Å². The van der Waals surface area contributed by atoms with E-state index in [0.29, 0.717) is 0 Å². The van der Waals surface area contributed by atoms with Crippen LogP contribution in [0, 0.1) is 10.1 Å². The Kier molecular flexibility index (Phi) is 2.84. The van der Waals surface area contributed by atoms with Crippen molar-refractivity contribution in [3.05, 3.63) is 27.8 Å². The molecule has 0 radical (unpaired) electrons. The van der Waals surface area contributed by atoms with Gasteiger partial charge < -0.3 is 5.73 Å². The van der Waals surface area contributed by atoms with Crippen LogP contribution in [0.3, 0.4) is 0 Å². The number of amides is 1. The molecule has 16 heavy (non-hydrogen) atoms. The molecule has 0 aliphatic carbocycles. The molecule has 8 heteroatoms. The molecule has 1 heterocycles. The van der Waals surface area contributed by atoms with Gasteiger partial charge in [0.25, 0.3) is 5.91 Å². The minimum atomic E-state index is -0.745. The van der Waals surface area contributed by atoms with E-state index in [1.54, 1.807) is 0 Å². The van der Waals surface area contributed by atoms with Gasteiger partial charge >= 0.3 is 5.69 Å². The van der Waals surface area contributed by atoms with Gasteiger partial charge in [-0.1, -0.05) is 7.43 Å². The Hall–Kier alpha value is -2.51. The van der Waals surface area contributed by atoms with E-state index < -0.39 is 10.8 Å². The molecule has 0 aliphatic rings. The van der Waals surface area contributed by atoms with E-state index in [1.807, 2.05) is 0 Å². The van der Waals surface area contributed by atoms with E-state index in [-0.39, 0.29) is 29.7 Å². The van der Waals surface area contributed by atoms with Crippen LogP contribution in [0.2, 0.25) is 0 Å². The summed E-state index contributed by atoms with van der Waals surface area (Å²) in [5.74, 6) is -0.745. The molecule has 1 amide bonds. The molecule has 8 nitrogen and oxygen atoms in total. The number of nitrogens with zero attached hydrogens (tertiary/aromatic N) is 3. The molecule has 1 aromatic heterocycles. The summed E-state index contributed by atoms with van der Waals surface area (Å²) >= 11 is 0. The summed E-state index contributed by atoms with van der Waals surface area (Å²) in [6.07, 6.45) is 0. The van der Waals surface area contributed by atoms with Crippen LogP contribution in [-0.2, 0) is 0 Å². The molecule has 0 saturated heterocycles. The Morgan fingerprint density at radius 1 is 1.38 bits per heavy atom. The molecule has 0 unspecified atom stereocenters. The summed E-state index contributed by atoms with van der Waals surface area (Å²) < 4.78 is 4.33. The smallest absolute Gasteiger partial charge is 0.300 e. The van der Waals surface area contributed by atoms with Crippen molar-refractivity contribution >= 4 is 22.6 Å². The third-order valence-corrected chi connectivity index (χ3v) is 1.86. The number of nitro groups is 1. The SMILES string of the molecule is C.NC(=O)c1ccc([N+](=O)[O-])c2nonc12. The quantitative estimate of drug-likeness (QED) is 0.595. The molecule has 0 bridgehead atoms. The van der Waals surface area contributed by atoms with Crippen molar-refractivity contribution in [1.29, 1.82) is 0 Å². The highest BCUT2D eigenvalue weighted by atomic mass is 16.6. The number of rotatable bonds is 2. The van der Waals surface area contributed by atoms with E-state index in [4.69, 9.17) is 5.73 Å². The molecule has 0 atom stereocenters. The van der Waals surface area contributed by atoms with Gasteiger partial charge in [-0.15, -0.1) is 0 Å². The molecule has 2 rings (SSSR count). The Bertz CT molecular complexity index is 514.